The predicted molar refractivity (Wildman–Crippen MR) is 74.4 cm³/mol. The van der Waals surface area contributed by atoms with E-state index in [9.17, 15) is 14.0 Å². The second kappa shape index (κ2) is 6.36. The lowest BCUT2D eigenvalue weighted by Crippen LogP contribution is -2.41. The molecule has 1 aromatic carbocycles. The summed E-state index contributed by atoms with van der Waals surface area (Å²) < 4.78 is 13.2. The second-order valence-corrected chi connectivity index (χ2v) is 5.02. The molecule has 0 saturated carbocycles. The van der Waals surface area contributed by atoms with Gasteiger partial charge < -0.3 is 15.3 Å². The van der Waals surface area contributed by atoms with Crippen LogP contribution in [0.3, 0.4) is 0 Å². The Morgan fingerprint density at radius 3 is 2.40 bits per heavy atom. The molecule has 2 N–H and O–H groups in total. The summed E-state index contributed by atoms with van der Waals surface area (Å²) in [7, 11) is 1.61. The Morgan fingerprint density at radius 2 is 1.90 bits per heavy atom. The molecule has 1 aromatic rings. The highest BCUT2D eigenvalue weighted by molar-refractivity contribution is 6.00. The summed E-state index contributed by atoms with van der Waals surface area (Å²) in [5, 5.41) is 11.5. The summed E-state index contributed by atoms with van der Waals surface area (Å²) in [6.07, 6.45) is 0. The number of urea groups is 1. The van der Waals surface area contributed by atoms with Crippen LogP contribution in [0.1, 0.15) is 31.1 Å². The van der Waals surface area contributed by atoms with Gasteiger partial charge in [-0.25, -0.2) is 14.0 Å². The van der Waals surface area contributed by atoms with Crippen LogP contribution >= 0.6 is 0 Å². The molecule has 0 fully saturated rings. The first-order valence-corrected chi connectivity index (χ1v) is 6.30. The second-order valence-electron chi connectivity index (χ2n) is 5.02. The van der Waals surface area contributed by atoms with E-state index in [1.165, 1.54) is 4.90 Å². The molecule has 0 saturated heterocycles. The van der Waals surface area contributed by atoms with Crippen LogP contribution in [0.2, 0.25) is 0 Å². The van der Waals surface area contributed by atoms with Crippen LogP contribution in [-0.2, 0) is 0 Å². The lowest BCUT2D eigenvalue weighted by atomic mass is 10.1. The topological polar surface area (TPSA) is 69.6 Å². The number of rotatable bonds is 4. The average Bonchev–Trinajstić information content (AvgIpc) is 2.36. The molecule has 1 atom stereocenters. The van der Waals surface area contributed by atoms with Gasteiger partial charge in [-0.3, -0.25) is 0 Å². The smallest absolute Gasteiger partial charge is 0.337 e. The van der Waals surface area contributed by atoms with Crippen molar-refractivity contribution in [3.8, 4) is 0 Å². The van der Waals surface area contributed by atoms with Crippen molar-refractivity contribution in [2.24, 2.45) is 5.92 Å². The van der Waals surface area contributed by atoms with Gasteiger partial charge in [0.1, 0.15) is 5.82 Å². The molecule has 0 aliphatic heterocycles. The van der Waals surface area contributed by atoms with Crippen LogP contribution < -0.4 is 5.32 Å². The normalized spacial score (nSPS) is 12.1. The van der Waals surface area contributed by atoms with Gasteiger partial charge in [0, 0.05) is 13.1 Å². The summed E-state index contributed by atoms with van der Waals surface area (Å²) in [6, 6.07) is 2.66. The number of hydrogen-bond donors (Lipinski definition) is 2. The number of carboxylic acids is 1. The third kappa shape index (κ3) is 3.69. The molecule has 0 aromatic heterocycles. The van der Waals surface area contributed by atoms with E-state index < -0.39 is 17.8 Å². The maximum absolute atomic E-state index is 13.2. The third-order valence-corrected chi connectivity index (χ3v) is 3.35. The van der Waals surface area contributed by atoms with Gasteiger partial charge in [-0.15, -0.1) is 0 Å². The monoisotopic (exact) mass is 282 g/mol. The van der Waals surface area contributed by atoms with Crippen molar-refractivity contribution in [1.29, 1.82) is 0 Å². The summed E-state index contributed by atoms with van der Waals surface area (Å²) in [5.41, 5.74) is -0.198. The molecule has 0 spiro atoms. The molecular formula is C14H19FN2O3. The van der Waals surface area contributed by atoms with Crippen LogP contribution in [0, 0.1) is 11.7 Å². The quantitative estimate of drug-likeness (QED) is 0.891. The van der Waals surface area contributed by atoms with E-state index in [-0.39, 0.29) is 23.2 Å². The van der Waals surface area contributed by atoms with Crippen molar-refractivity contribution < 1.29 is 19.1 Å². The van der Waals surface area contributed by atoms with E-state index in [0.717, 1.165) is 18.2 Å². The van der Waals surface area contributed by atoms with Gasteiger partial charge in [-0.2, -0.15) is 0 Å². The number of benzene rings is 1. The highest BCUT2D eigenvalue weighted by atomic mass is 19.1. The highest BCUT2D eigenvalue weighted by Crippen LogP contribution is 2.18. The summed E-state index contributed by atoms with van der Waals surface area (Å²) in [5.74, 6) is -1.58. The Morgan fingerprint density at radius 1 is 1.30 bits per heavy atom. The molecule has 0 radical (unpaired) electrons. The minimum atomic E-state index is -1.22. The molecule has 0 aliphatic rings. The summed E-state index contributed by atoms with van der Waals surface area (Å²) in [4.78, 5) is 24.5. The fraction of sp³-hybridized carbons (Fsp3) is 0.429. The first kappa shape index (κ1) is 15.9. The van der Waals surface area contributed by atoms with Crippen LogP contribution in [0.4, 0.5) is 14.9 Å². The zero-order valence-corrected chi connectivity index (χ0v) is 12.0. The van der Waals surface area contributed by atoms with Crippen molar-refractivity contribution in [3.05, 3.63) is 29.6 Å². The number of nitrogens with zero attached hydrogens (tertiary/aromatic N) is 1. The van der Waals surface area contributed by atoms with Crippen LogP contribution in [0.5, 0.6) is 0 Å². The largest absolute Gasteiger partial charge is 0.478 e. The number of carbonyl (C=O) groups is 2. The molecule has 110 valence electrons. The molecular weight excluding hydrogens is 263 g/mol. The zero-order valence-electron chi connectivity index (χ0n) is 12.0. The number of carboxylic acid groups (broad SMARTS) is 1. The Kier molecular flexibility index (Phi) is 5.07. The van der Waals surface area contributed by atoms with Crippen LogP contribution in [0.15, 0.2) is 18.2 Å². The number of amides is 2. The Balaban J connectivity index is 2.95. The molecule has 2 amide bonds. The minimum absolute atomic E-state index is 0.0307. The van der Waals surface area contributed by atoms with Crippen molar-refractivity contribution >= 4 is 17.7 Å². The average molecular weight is 282 g/mol. The van der Waals surface area contributed by atoms with E-state index in [2.05, 4.69) is 5.32 Å². The van der Waals surface area contributed by atoms with Gasteiger partial charge in [-0.05, 0) is 31.0 Å². The van der Waals surface area contributed by atoms with E-state index in [1.807, 2.05) is 20.8 Å². The van der Waals surface area contributed by atoms with Crippen molar-refractivity contribution in [2.45, 2.75) is 26.8 Å². The maximum Gasteiger partial charge on any atom is 0.337 e. The molecule has 1 rings (SSSR count). The van der Waals surface area contributed by atoms with Gasteiger partial charge >= 0.3 is 12.0 Å². The zero-order chi connectivity index (χ0) is 15.4. The fourth-order valence-corrected chi connectivity index (χ4v) is 1.64. The molecule has 20 heavy (non-hydrogen) atoms. The minimum Gasteiger partial charge on any atom is -0.478 e. The van der Waals surface area contributed by atoms with Gasteiger partial charge in [0.05, 0.1) is 11.3 Å². The number of nitrogens with one attached hydrogen (secondary N) is 1. The first-order chi connectivity index (χ1) is 9.23. The SMILES string of the molecule is CC(C)C(C)N(C)C(=O)Nc1cc(F)ccc1C(=O)O. The standard InChI is InChI=1S/C14H19FN2O3/c1-8(2)9(3)17(4)14(20)16-12-7-10(15)5-6-11(12)13(18)19/h5-9H,1-4H3,(H,16,20)(H,18,19). The molecule has 0 aliphatic carbocycles. The van der Waals surface area contributed by atoms with E-state index in [4.69, 9.17) is 5.11 Å². The third-order valence-electron chi connectivity index (χ3n) is 3.35. The Bertz CT molecular complexity index is 517. The summed E-state index contributed by atoms with van der Waals surface area (Å²) >= 11 is 0. The number of hydrogen-bond acceptors (Lipinski definition) is 2. The molecule has 0 bridgehead atoms. The number of anilines is 1. The van der Waals surface area contributed by atoms with Crippen molar-refractivity contribution in [1.82, 2.24) is 4.90 Å². The predicted octanol–water partition coefficient (Wildman–Crippen LogP) is 3.03. The molecule has 0 heterocycles. The van der Waals surface area contributed by atoms with Crippen LogP contribution in [0.25, 0.3) is 0 Å². The van der Waals surface area contributed by atoms with Gasteiger partial charge in [0.25, 0.3) is 0 Å². The van der Waals surface area contributed by atoms with E-state index >= 15 is 0 Å². The number of carbonyl (C=O) groups excluding carboxylic acids is 1. The highest BCUT2D eigenvalue weighted by Gasteiger charge is 2.20. The Hall–Kier alpha value is -2.11. The Labute approximate surface area is 117 Å². The molecule has 1 unspecified atom stereocenters. The first-order valence-electron chi connectivity index (χ1n) is 6.30. The van der Waals surface area contributed by atoms with Gasteiger partial charge in [0.15, 0.2) is 0 Å². The molecule has 6 heteroatoms. The van der Waals surface area contributed by atoms with Crippen LogP contribution in [-0.4, -0.2) is 35.1 Å². The summed E-state index contributed by atoms with van der Waals surface area (Å²) in [6.45, 7) is 5.83. The van der Waals surface area contributed by atoms with Crippen molar-refractivity contribution in [3.63, 3.8) is 0 Å². The molecule has 5 nitrogen and oxygen atoms in total. The number of aromatic carboxylic acids is 1. The fourth-order valence-electron chi connectivity index (χ4n) is 1.64. The maximum atomic E-state index is 13.2. The number of halogens is 1. The lowest BCUT2D eigenvalue weighted by Gasteiger charge is -2.28. The van der Waals surface area contributed by atoms with Gasteiger partial charge in [-0.1, -0.05) is 13.8 Å². The van der Waals surface area contributed by atoms with Crippen molar-refractivity contribution in [2.75, 3.05) is 12.4 Å². The lowest BCUT2D eigenvalue weighted by molar-refractivity contribution is 0.0698. The van der Waals surface area contributed by atoms with E-state index in [0.29, 0.717) is 0 Å². The van der Waals surface area contributed by atoms with Gasteiger partial charge in [0.2, 0.25) is 0 Å². The van der Waals surface area contributed by atoms with E-state index in [1.54, 1.807) is 7.05 Å².